The Morgan fingerprint density at radius 1 is 1.31 bits per heavy atom. The number of rotatable bonds is 5. The van der Waals surface area contributed by atoms with Gasteiger partial charge in [-0.2, -0.15) is 0 Å². The second-order valence-corrected chi connectivity index (χ2v) is 4.72. The molecule has 3 heteroatoms. The van der Waals surface area contributed by atoms with Crippen molar-refractivity contribution in [3.05, 3.63) is 29.3 Å². The monoisotopic (exact) mass is 238 g/mol. The molecular weight excluding hydrogens is 224 g/mol. The lowest BCUT2D eigenvalue weighted by molar-refractivity contribution is -0.122. The number of carbonyl (C=O) groups is 1. The van der Waals surface area contributed by atoms with Crippen LogP contribution in [0, 0.1) is 5.92 Å². The molecule has 1 aromatic rings. The fourth-order valence-corrected chi connectivity index (χ4v) is 1.90. The van der Waals surface area contributed by atoms with Crippen LogP contribution in [0.5, 0.6) is 5.75 Å². The minimum absolute atomic E-state index is 0.179. The van der Waals surface area contributed by atoms with Crippen molar-refractivity contribution in [2.24, 2.45) is 5.92 Å². The lowest BCUT2D eigenvalue weighted by Crippen LogP contribution is -2.20. The molecule has 1 aliphatic carbocycles. The maximum absolute atomic E-state index is 11.5. The summed E-state index contributed by atoms with van der Waals surface area (Å²) in [4.78, 5) is 11.5. The Hall–Kier alpha value is -1.02. The first kappa shape index (κ1) is 11.5. The highest BCUT2D eigenvalue weighted by Crippen LogP contribution is 2.29. The zero-order chi connectivity index (χ0) is 11.4. The molecule has 2 nitrogen and oxygen atoms in total. The number of hydrogen-bond donors (Lipinski definition) is 0. The SMILES string of the molecule is O=C(COc1ccc(Cl)cc1)CC1CCC1. The van der Waals surface area contributed by atoms with E-state index in [2.05, 4.69) is 0 Å². The zero-order valence-corrected chi connectivity index (χ0v) is 9.87. The number of ketones is 1. The van der Waals surface area contributed by atoms with Gasteiger partial charge in [-0.05, 0) is 30.2 Å². The van der Waals surface area contributed by atoms with Gasteiger partial charge >= 0.3 is 0 Å². The van der Waals surface area contributed by atoms with Crippen LogP contribution in [0.4, 0.5) is 0 Å². The molecule has 0 spiro atoms. The largest absolute Gasteiger partial charge is 0.486 e. The Kier molecular flexibility index (Phi) is 3.83. The average molecular weight is 239 g/mol. The third-order valence-corrected chi connectivity index (χ3v) is 3.21. The number of carbonyl (C=O) groups excluding carboxylic acids is 1. The van der Waals surface area contributed by atoms with E-state index in [0.717, 1.165) is 0 Å². The van der Waals surface area contributed by atoms with Gasteiger partial charge in [-0.25, -0.2) is 0 Å². The minimum atomic E-state index is 0.179. The van der Waals surface area contributed by atoms with Gasteiger partial charge in [-0.3, -0.25) is 4.79 Å². The molecule has 1 fully saturated rings. The van der Waals surface area contributed by atoms with Gasteiger partial charge in [0.15, 0.2) is 5.78 Å². The van der Waals surface area contributed by atoms with Crippen molar-refractivity contribution in [2.75, 3.05) is 6.61 Å². The summed E-state index contributed by atoms with van der Waals surface area (Å²) in [6, 6.07) is 7.07. The predicted octanol–water partition coefficient (Wildman–Crippen LogP) is 3.48. The van der Waals surface area contributed by atoms with Crippen LogP contribution >= 0.6 is 11.6 Å². The third-order valence-electron chi connectivity index (χ3n) is 2.95. The molecule has 0 unspecified atom stereocenters. The van der Waals surface area contributed by atoms with E-state index in [1.54, 1.807) is 24.3 Å². The lowest BCUT2D eigenvalue weighted by Gasteiger charge is -2.24. The van der Waals surface area contributed by atoms with E-state index in [0.29, 0.717) is 23.1 Å². The van der Waals surface area contributed by atoms with Gasteiger partial charge in [0.2, 0.25) is 0 Å². The number of benzene rings is 1. The van der Waals surface area contributed by atoms with Crippen molar-refractivity contribution in [1.82, 2.24) is 0 Å². The Labute approximate surface area is 101 Å². The van der Waals surface area contributed by atoms with Gasteiger partial charge < -0.3 is 4.74 Å². The summed E-state index contributed by atoms with van der Waals surface area (Å²) in [6.45, 7) is 0.179. The van der Waals surface area contributed by atoms with Gasteiger partial charge in [-0.15, -0.1) is 0 Å². The number of Topliss-reactive ketones (excluding diaryl/α,β-unsaturated/α-hetero) is 1. The molecule has 0 amide bonds. The fourth-order valence-electron chi connectivity index (χ4n) is 1.77. The second-order valence-electron chi connectivity index (χ2n) is 4.28. The van der Waals surface area contributed by atoms with Crippen molar-refractivity contribution in [1.29, 1.82) is 0 Å². The van der Waals surface area contributed by atoms with Crippen molar-refractivity contribution in [3.63, 3.8) is 0 Å². The lowest BCUT2D eigenvalue weighted by atomic mass is 9.82. The summed E-state index contributed by atoms with van der Waals surface area (Å²) in [7, 11) is 0. The Morgan fingerprint density at radius 3 is 2.56 bits per heavy atom. The quantitative estimate of drug-likeness (QED) is 0.785. The molecule has 16 heavy (non-hydrogen) atoms. The molecule has 1 saturated carbocycles. The van der Waals surface area contributed by atoms with Crippen LogP contribution < -0.4 is 4.74 Å². The normalized spacial score (nSPS) is 15.6. The second kappa shape index (κ2) is 5.35. The van der Waals surface area contributed by atoms with E-state index in [1.165, 1.54) is 19.3 Å². The highest BCUT2D eigenvalue weighted by molar-refractivity contribution is 6.30. The maximum Gasteiger partial charge on any atom is 0.170 e. The van der Waals surface area contributed by atoms with Gasteiger partial charge in [0.25, 0.3) is 0 Å². The van der Waals surface area contributed by atoms with Crippen molar-refractivity contribution < 1.29 is 9.53 Å². The zero-order valence-electron chi connectivity index (χ0n) is 9.12. The molecule has 0 heterocycles. The summed E-state index contributed by atoms with van der Waals surface area (Å²) in [5.74, 6) is 1.51. The number of ether oxygens (including phenoxy) is 1. The summed E-state index contributed by atoms with van der Waals surface area (Å²) in [5, 5.41) is 0.674. The van der Waals surface area contributed by atoms with Crippen molar-refractivity contribution >= 4 is 17.4 Å². The van der Waals surface area contributed by atoms with Gasteiger partial charge in [-0.1, -0.05) is 30.9 Å². The minimum Gasteiger partial charge on any atom is -0.486 e. The highest BCUT2D eigenvalue weighted by atomic mass is 35.5. The summed E-state index contributed by atoms with van der Waals surface area (Å²) in [6.07, 6.45) is 4.35. The molecule has 0 atom stereocenters. The first-order chi connectivity index (χ1) is 7.74. The van der Waals surface area contributed by atoms with Crippen LogP contribution in [0.3, 0.4) is 0 Å². The molecule has 0 N–H and O–H groups in total. The molecule has 0 aliphatic heterocycles. The van der Waals surface area contributed by atoms with Crippen molar-refractivity contribution in [3.8, 4) is 5.75 Å². The third kappa shape index (κ3) is 3.24. The fraction of sp³-hybridized carbons (Fsp3) is 0.462. The molecule has 1 aliphatic rings. The van der Waals surface area contributed by atoms with Gasteiger partial charge in [0.1, 0.15) is 12.4 Å². The summed E-state index contributed by atoms with van der Waals surface area (Å²) < 4.78 is 5.38. The molecule has 2 rings (SSSR count). The van der Waals surface area contributed by atoms with Crippen LogP contribution in [0.1, 0.15) is 25.7 Å². The summed E-state index contributed by atoms with van der Waals surface area (Å²) in [5.41, 5.74) is 0. The Bertz CT molecular complexity index is 355. The van der Waals surface area contributed by atoms with E-state index >= 15 is 0 Å². The predicted molar refractivity (Wildman–Crippen MR) is 63.9 cm³/mol. The summed E-state index contributed by atoms with van der Waals surface area (Å²) >= 11 is 5.75. The van der Waals surface area contributed by atoms with E-state index in [9.17, 15) is 4.79 Å². The number of hydrogen-bond acceptors (Lipinski definition) is 2. The molecule has 0 aromatic heterocycles. The first-order valence-electron chi connectivity index (χ1n) is 5.64. The first-order valence-corrected chi connectivity index (χ1v) is 6.02. The molecular formula is C13H15ClO2. The number of halogens is 1. The molecule has 0 radical (unpaired) electrons. The maximum atomic E-state index is 11.5. The van der Waals surface area contributed by atoms with E-state index < -0.39 is 0 Å². The van der Waals surface area contributed by atoms with Crippen LogP contribution in [0.25, 0.3) is 0 Å². The molecule has 1 aromatic carbocycles. The van der Waals surface area contributed by atoms with Crippen molar-refractivity contribution in [2.45, 2.75) is 25.7 Å². The highest BCUT2D eigenvalue weighted by Gasteiger charge is 2.20. The molecule has 0 bridgehead atoms. The van der Waals surface area contributed by atoms with Crippen LogP contribution in [-0.4, -0.2) is 12.4 Å². The smallest absolute Gasteiger partial charge is 0.170 e. The average Bonchev–Trinajstić information content (AvgIpc) is 2.23. The standard InChI is InChI=1S/C13H15ClO2/c14-11-4-6-13(7-5-11)16-9-12(15)8-10-2-1-3-10/h4-7,10H,1-3,8-9H2. The van der Waals surface area contributed by atoms with Gasteiger partial charge in [0.05, 0.1) is 0 Å². The van der Waals surface area contributed by atoms with Crippen LogP contribution in [-0.2, 0) is 4.79 Å². The van der Waals surface area contributed by atoms with Gasteiger partial charge in [0, 0.05) is 11.4 Å². The van der Waals surface area contributed by atoms with Crippen LogP contribution in [0.15, 0.2) is 24.3 Å². The van der Waals surface area contributed by atoms with E-state index in [1.807, 2.05) is 0 Å². The molecule has 0 saturated heterocycles. The topological polar surface area (TPSA) is 26.3 Å². The Balaban J connectivity index is 1.73. The molecule has 86 valence electrons. The van der Waals surface area contributed by atoms with E-state index in [4.69, 9.17) is 16.3 Å². The van der Waals surface area contributed by atoms with E-state index in [-0.39, 0.29) is 12.4 Å². The Morgan fingerprint density at radius 2 is 2.00 bits per heavy atom. The van der Waals surface area contributed by atoms with Crippen LogP contribution in [0.2, 0.25) is 5.02 Å².